The number of aryl methyl sites for hydroxylation is 1. The van der Waals surface area contributed by atoms with Crippen molar-refractivity contribution in [3.05, 3.63) is 41.0 Å². The predicted molar refractivity (Wildman–Crippen MR) is 92.5 cm³/mol. The van der Waals surface area contributed by atoms with Gasteiger partial charge in [0.05, 0.1) is 0 Å². The minimum absolute atomic E-state index is 0.617. The normalized spacial score (nSPS) is 13.7. The molecule has 0 fully saturated rings. The summed E-state index contributed by atoms with van der Waals surface area (Å²) in [4.78, 5) is 0. The Bertz CT molecular complexity index is 374. The van der Waals surface area contributed by atoms with Crippen LogP contribution in [-0.4, -0.2) is 42.3 Å². The van der Waals surface area contributed by atoms with Crippen LogP contribution in [0.3, 0.4) is 0 Å². The van der Waals surface area contributed by atoms with E-state index in [1.54, 1.807) is 0 Å². The topological polar surface area (TPSA) is 36.1 Å². The Morgan fingerprint density at radius 1 is 0.952 bits per heavy atom. The van der Waals surface area contributed by atoms with E-state index in [0.717, 1.165) is 6.42 Å². The molecule has 0 saturated heterocycles. The molecule has 1 unspecified atom stereocenters. The molecule has 1 aliphatic carbocycles. The molecule has 0 saturated carbocycles. The molecule has 4 heteroatoms. The van der Waals surface area contributed by atoms with E-state index >= 15 is 0 Å². The van der Waals surface area contributed by atoms with Crippen LogP contribution in [0.4, 0.5) is 0 Å². The summed E-state index contributed by atoms with van der Waals surface area (Å²) in [6.07, 6.45) is 5.68. The van der Waals surface area contributed by atoms with Crippen LogP contribution >= 0.6 is 0 Å². The minimum Gasteiger partial charge on any atom is -0.323 e. The summed E-state index contributed by atoms with van der Waals surface area (Å²) in [5.41, 5.74) is 4.44. The van der Waals surface area contributed by atoms with Crippen molar-refractivity contribution in [1.29, 1.82) is 0 Å². The fourth-order valence-electron chi connectivity index (χ4n) is 1.71. The standard InChI is InChI=1S/C11H11.3C2H7N.Ti/c1-2-9-5-3-6-10-7-4-8-11(9)10;3*1-3-2;/h3-8H,2H2,1H3;3*3H,1-2H3;. The molecular formula is C17H32N3Ti. The molecule has 3 N–H and O–H groups in total. The Morgan fingerprint density at radius 3 is 1.86 bits per heavy atom. The van der Waals surface area contributed by atoms with Gasteiger partial charge in [-0.2, -0.15) is 0 Å². The van der Waals surface area contributed by atoms with Crippen molar-refractivity contribution in [2.75, 3.05) is 42.3 Å². The molecule has 2 rings (SSSR count). The van der Waals surface area contributed by atoms with Gasteiger partial charge in [0.25, 0.3) is 0 Å². The molecule has 0 radical (unpaired) electrons. The zero-order valence-corrected chi connectivity index (χ0v) is 16.2. The maximum absolute atomic E-state index is 2.75. The molecule has 0 bridgehead atoms. The fourth-order valence-corrected chi connectivity index (χ4v) is 2.26. The van der Waals surface area contributed by atoms with Gasteiger partial charge in [0.2, 0.25) is 0 Å². The van der Waals surface area contributed by atoms with Crippen LogP contribution in [0.2, 0.25) is 0 Å². The number of nitrogens with one attached hydrogen (secondary N) is 3. The summed E-state index contributed by atoms with van der Waals surface area (Å²) in [6.45, 7) is 2.21. The first kappa shape index (κ1) is 22.8. The van der Waals surface area contributed by atoms with E-state index in [1.807, 2.05) is 42.3 Å². The van der Waals surface area contributed by atoms with Crippen LogP contribution < -0.4 is 16.0 Å². The number of rotatable bonds is 1. The molecule has 1 aromatic carbocycles. The zero-order chi connectivity index (χ0) is 16.7. The van der Waals surface area contributed by atoms with Gasteiger partial charge in [0.1, 0.15) is 0 Å². The van der Waals surface area contributed by atoms with Crippen LogP contribution in [0.1, 0.15) is 27.8 Å². The molecule has 0 spiro atoms. The maximum atomic E-state index is 2.75. The van der Waals surface area contributed by atoms with Crippen molar-refractivity contribution in [1.82, 2.24) is 16.0 Å². The number of allylic oxidation sites excluding steroid dienone is 1. The molecule has 0 heterocycles. The quantitative estimate of drug-likeness (QED) is 0.694. The van der Waals surface area contributed by atoms with Gasteiger partial charge in [-0.3, -0.25) is 0 Å². The number of hydrogen-bond donors (Lipinski definition) is 3. The predicted octanol–water partition coefficient (Wildman–Crippen LogP) is 2.37. The fraction of sp³-hybridized carbons (Fsp3) is 0.529. The molecule has 0 aromatic heterocycles. The van der Waals surface area contributed by atoms with Gasteiger partial charge in [-0.25, -0.2) is 0 Å². The van der Waals surface area contributed by atoms with Crippen LogP contribution in [-0.2, 0) is 26.9 Å². The second-order valence-corrected chi connectivity index (χ2v) is 5.58. The van der Waals surface area contributed by atoms with Crippen molar-refractivity contribution in [3.63, 3.8) is 0 Å². The van der Waals surface area contributed by atoms with Crippen LogP contribution in [0, 0.1) is 0 Å². The molecular weight excluding hydrogens is 294 g/mol. The molecule has 21 heavy (non-hydrogen) atoms. The molecule has 0 aliphatic heterocycles. The third-order valence-electron chi connectivity index (χ3n) is 2.40. The minimum atomic E-state index is 0.617. The molecule has 0 amide bonds. The molecule has 3 nitrogen and oxygen atoms in total. The average molecular weight is 326 g/mol. The van der Waals surface area contributed by atoms with Crippen LogP contribution in [0.15, 0.2) is 24.3 Å². The van der Waals surface area contributed by atoms with Crippen molar-refractivity contribution in [2.45, 2.75) is 17.6 Å². The van der Waals surface area contributed by atoms with Crippen LogP contribution in [0.25, 0.3) is 6.08 Å². The van der Waals surface area contributed by atoms with Crippen molar-refractivity contribution in [2.24, 2.45) is 0 Å². The van der Waals surface area contributed by atoms with Crippen molar-refractivity contribution < 1.29 is 20.4 Å². The van der Waals surface area contributed by atoms with Gasteiger partial charge in [-0.1, -0.05) is 0 Å². The van der Waals surface area contributed by atoms with Gasteiger partial charge >= 0.3 is 85.0 Å². The van der Waals surface area contributed by atoms with Gasteiger partial charge in [0.15, 0.2) is 0 Å². The first-order chi connectivity index (χ1) is 10.1. The zero-order valence-electron chi connectivity index (χ0n) is 14.7. The third-order valence-corrected chi connectivity index (χ3v) is 3.19. The summed E-state index contributed by atoms with van der Waals surface area (Å²) < 4.78 is 0.617. The second kappa shape index (κ2) is 15.9. The molecule has 1 aliphatic rings. The summed E-state index contributed by atoms with van der Waals surface area (Å²) in [5.74, 6) is 0. The van der Waals surface area contributed by atoms with E-state index in [-0.39, 0.29) is 0 Å². The third kappa shape index (κ3) is 9.99. The van der Waals surface area contributed by atoms with Crippen LogP contribution in [0.5, 0.6) is 0 Å². The monoisotopic (exact) mass is 326 g/mol. The average Bonchev–Trinajstić information content (AvgIpc) is 2.83. The summed E-state index contributed by atoms with van der Waals surface area (Å²) in [6, 6.07) is 6.63. The molecule has 1 atom stereocenters. The Labute approximate surface area is 143 Å². The van der Waals surface area contributed by atoms with Gasteiger partial charge in [-0.15, -0.1) is 0 Å². The van der Waals surface area contributed by atoms with Gasteiger partial charge in [-0.05, 0) is 42.3 Å². The second-order valence-electron chi connectivity index (χ2n) is 4.61. The van der Waals surface area contributed by atoms with Gasteiger partial charge in [0, 0.05) is 0 Å². The maximum Gasteiger partial charge on any atom is -0.0167 e. The van der Waals surface area contributed by atoms with Crippen molar-refractivity contribution in [3.8, 4) is 0 Å². The van der Waals surface area contributed by atoms with Crippen molar-refractivity contribution >= 4 is 6.08 Å². The van der Waals surface area contributed by atoms with E-state index in [2.05, 4.69) is 73.7 Å². The number of benzene rings is 1. The Morgan fingerprint density at radius 2 is 1.43 bits per heavy atom. The van der Waals surface area contributed by atoms with E-state index in [1.165, 1.54) is 16.7 Å². The smallest absolute Gasteiger partial charge is 0.0167 e. The molecule has 119 valence electrons. The summed E-state index contributed by atoms with van der Waals surface area (Å²) in [7, 11) is 11.2. The summed E-state index contributed by atoms with van der Waals surface area (Å²) in [5, 5.41) is 8.25. The first-order valence-electron chi connectivity index (χ1n) is 7.34. The summed E-state index contributed by atoms with van der Waals surface area (Å²) >= 11 is 2.25. The first-order valence-corrected chi connectivity index (χ1v) is 8.24. The Hall–Kier alpha value is -0.446. The Balaban J connectivity index is 0. The van der Waals surface area contributed by atoms with E-state index in [4.69, 9.17) is 0 Å². The number of hydrogen-bond acceptors (Lipinski definition) is 3. The van der Waals surface area contributed by atoms with E-state index < -0.39 is 0 Å². The van der Waals surface area contributed by atoms with E-state index in [9.17, 15) is 0 Å². The van der Waals surface area contributed by atoms with E-state index in [0.29, 0.717) is 4.22 Å². The Kier molecular flexibility index (Phi) is 17.3. The number of fused-ring (bicyclic) bond motifs is 1. The SMILES string of the molecule is CCc1cccc2c1C=C[CH]2[Ti].CNC.CNC.CNC. The molecule has 1 aromatic rings. The largest absolute Gasteiger partial charge is 0.323 e. The van der Waals surface area contributed by atoms with Gasteiger partial charge < -0.3 is 16.0 Å².